The number of hydrogen-bond acceptors (Lipinski definition) is 5. The highest BCUT2D eigenvalue weighted by molar-refractivity contribution is 8.18. The van der Waals surface area contributed by atoms with Crippen LogP contribution in [0.5, 0.6) is 0 Å². The van der Waals surface area contributed by atoms with Gasteiger partial charge in [0.25, 0.3) is 5.91 Å². The third kappa shape index (κ3) is 4.06. The number of thioether (sulfide) groups is 1. The molecule has 1 amide bonds. The van der Waals surface area contributed by atoms with Gasteiger partial charge >= 0.3 is 0 Å². The molecule has 2 aromatic carbocycles. The molecular weight excluding hydrogens is 398 g/mol. The van der Waals surface area contributed by atoms with Crippen molar-refractivity contribution >= 4 is 40.6 Å². The van der Waals surface area contributed by atoms with Gasteiger partial charge in [-0.05, 0) is 84.8 Å². The number of benzene rings is 2. The molecule has 6 nitrogen and oxygen atoms in total. The van der Waals surface area contributed by atoms with E-state index in [-0.39, 0.29) is 11.5 Å². The van der Waals surface area contributed by atoms with Crippen LogP contribution in [0.2, 0.25) is 0 Å². The topological polar surface area (TPSA) is 86.5 Å². The Morgan fingerprint density at radius 1 is 1.10 bits per heavy atom. The maximum atomic E-state index is 12.4. The van der Waals surface area contributed by atoms with Crippen molar-refractivity contribution in [3.05, 3.63) is 88.1 Å². The number of nitrogens with zero attached hydrogens (tertiary/aromatic N) is 2. The lowest BCUT2D eigenvalue weighted by atomic mass is 10.1. The lowest BCUT2D eigenvalue weighted by Gasteiger charge is -2.09. The molecule has 1 aromatic heterocycles. The molecular formula is C23H18N3O3S-. The van der Waals surface area contributed by atoms with Gasteiger partial charge in [0, 0.05) is 17.6 Å². The molecule has 2 heterocycles. The minimum absolute atomic E-state index is 0.0931. The van der Waals surface area contributed by atoms with Gasteiger partial charge in [0.1, 0.15) is 0 Å². The van der Waals surface area contributed by atoms with E-state index in [2.05, 4.69) is 10.3 Å². The molecule has 0 unspecified atom stereocenters. The van der Waals surface area contributed by atoms with Gasteiger partial charge in [-0.3, -0.25) is 4.79 Å². The zero-order chi connectivity index (χ0) is 21.3. The molecule has 1 saturated heterocycles. The first-order valence-electron chi connectivity index (χ1n) is 9.27. The summed E-state index contributed by atoms with van der Waals surface area (Å²) in [6.45, 7) is 4.06. The number of aliphatic imine (C=N–C) groups is 1. The number of carboxylic acid groups (broad SMARTS) is 1. The van der Waals surface area contributed by atoms with E-state index < -0.39 is 5.97 Å². The molecule has 1 aliphatic heterocycles. The van der Waals surface area contributed by atoms with Crippen LogP contribution in [-0.4, -0.2) is 21.6 Å². The second-order valence-corrected chi connectivity index (χ2v) is 7.92. The zero-order valence-corrected chi connectivity index (χ0v) is 17.2. The Balaban J connectivity index is 1.62. The molecule has 0 aliphatic carbocycles. The molecule has 0 spiro atoms. The normalized spacial score (nSPS) is 16.3. The average Bonchev–Trinajstić information content (AvgIpc) is 3.31. The van der Waals surface area contributed by atoms with Crippen molar-refractivity contribution in [2.75, 3.05) is 0 Å². The van der Waals surface area contributed by atoms with E-state index in [4.69, 9.17) is 0 Å². The number of carboxylic acids is 1. The highest BCUT2D eigenvalue weighted by Gasteiger charge is 2.24. The first-order valence-corrected chi connectivity index (χ1v) is 10.1. The minimum atomic E-state index is -1.23. The van der Waals surface area contributed by atoms with Gasteiger partial charge < -0.3 is 19.8 Å². The van der Waals surface area contributed by atoms with Crippen LogP contribution in [0.15, 0.2) is 70.7 Å². The number of carbonyl (C=O) groups excluding carboxylic acids is 2. The summed E-state index contributed by atoms with van der Waals surface area (Å²) in [5, 5.41) is 14.5. The molecule has 0 saturated carbocycles. The summed E-state index contributed by atoms with van der Waals surface area (Å²) >= 11 is 1.27. The number of rotatable bonds is 4. The van der Waals surface area contributed by atoms with Crippen LogP contribution in [0.3, 0.4) is 0 Å². The average molecular weight is 416 g/mol. The molecule has 0 atom stereocenters. The molecule has 1 fully saturated rings. The van der Waals surface area contributed by atoms with Gasteiger partial charge in [0.15, 0.2) is 5.17 Å². The predicted molar refractivity (Wildman–Crippen MR) is 117 cm³/mol. The van der Waals surface area contributed by atoms with Gasteiger partial charge in [-0.15, -0.1) is 0 Å². The van der Waals surface area contributed by atoms with Crippen LogP contribution in [0.4, 0.5) is 5.69 Å². The molecule has 150 valence electrons. The van der Waals surface area contributed by atoms with Crippen LogP contribution in [-0.2, 0) is 4.79 Å². The number of aryl methyl sites for hydroxylation is 2. The molecule has 1 N–H and O–H groups in total. The van der Waals surface area contributed by atoms with Gasteiger partial charge in [0.05, 0.1) is 16.6 Å². The molecule has 0 bridgehead atoms. The SMILES string of the molecule is Cc1ccc(N=C2NC(=O)/C(=C\c3cccn3-c3cccc(C(=O)[O-])c3)S2)cc1C. The summed E-state index contributed by atoms with van der Waals surface area (Å²) in [4.78, 5) is 28.6. The summed E-state index contributed by atoms with van der Waals surface area (Å²) < 4.78 is 1.81. The fraction of sp³-hybridized carbons (Fsp3) is 0.0870. The van der Waals surface area contributed by atoms with Crippen LogP contribution in [0.1, 0.15) is 27.2 Å². The molecule has 4 rings (SSSR count). The third-order valence-corrected chi connectivity index (χ3v) is 5.70. The first kappa shape index (κ1) is 19.7. The summed E-state index contributed by atoms with van der Waals surface area (Å²) in [5.74, 6) is -1.46. The first-order chi connectivity index (χ1) is 14.4. The molecule has 1 aliphatic rings. The van der Waals surface area contributed by atoms with E-state index in [9.17, 15) is 14.7 Å². The van der Waals surface area contributed by atoms with Crippen LogP contribution in [0.25, 0.3) is 11.8 Å². The van der Waals surface area contributed by atoms with E-state index >= 15 is 0 Å². The highest BCUT2D eigenvalue weighted by atomic mass is 32.2. The Bertz CT molecular complexity index is 1220. The minimum Gasteiger partial charge on any atom is -0.545 e. The van der Waals surface area contributed by atoms with E-state index in [1.165, 1.54) is 29.5 Å². The fourth-order valence-corrected chi connectivity index (χ4v) is 3.88. The number of carbonyl (C=O) groups is 2. The van der Waals surface area contributed by atoms with E-state index in [0.717, 1.165) is 16.9 Å². The maximum Gasteiger partial charge on any atom is 0.264 e. The Morgan fingerprint density at radius 3 is 2.70 bits per heavy atom. The van der Waals surface area contributed by atoms with Crippen molar-refractivity contribution in [1.82, 2.24) is 9.88 Å². The van der Waals surface area contributed by atoms with Crippen molar-refractivity contribution in [2.45, 2.75) is 13.8 Å². The number of amidine groups is 1. The van der Waals surface area contributed by atoms with Crippen molar-refractivity contribution in [3.8, 4) is 5.69 Å². The highest BCUT2D eigenvalue weighted by Crippen LogP contribution is 2.29. The molecule has 7 heteroatoms. The lowest BCUT2D eigenvalue weighted by molar-refractivity contribution is -0.255. The van der Waals surface area contributed by atoms with Crippen LogP contribution >= 0.6 is 11.8 Å². The molecule has 0 radical (unpaired) electrons. The van der Waals surface area contributed by atoms with E-state index in [1.807, 2.05) is 54.9 Å². The number of amides is 1. The lowest BCUT2D eigenvalue weighted by Crippen LogP contribution is -2.22. The Kier molecular flexibility index (Phi) is 5.29. The maximum absolute atomic E-state index is 12.4. The van der Waals surface area contributed by atoms with Gasteiger partial charge in [-0.1, -0.05) is 18.2 Å². The summed E-state index contributed by atoms with van der Waals surface area (Å²) in [5.41, 5.74) is 4.61. The summed E-state index contributed by atoms with van der Waals surface area (Å²) in [6, 6.07) is 16.0. The van der Waals surface area contributed by atoms with Crippen molar-refractivity contribution in [1.29, 1.82) is 0 Å². The Hall–Kier alpha value is -3.58. The second-order valence-electron chi connectivity index (χ2n) is 6.89. The largest absolute Gasteiger partial charge is 0.545 e. The summed E-state index contributed by atoms with van der Waals surface area (Å²) in [7, 11) is 0. The Labute approximate surface area is 178 Å². The smallest absolute Gasteiger partial charge is 0.264 e. The van der Waals surface area contributed by atoms with Gasteiger partial charge in [-0.2, -0.15) is 0 Å². The summed E-state index contributed by atoms with van der Waals surface area (Å²) in [6.07, 6.45) is 3.57. The van der Waals surface area contributed by atoms with Gasteiger partial charge in [0.2, 0.25) is 0 Å². The van der Waals surface area contributed by atoms with E-state index in [1.54, 1.807) is 18.2 Å². The Morgan fingerprint density at radius 2 is 1.93 bits per heavy atom. The second kappa shape index (κ2) is 8.04. The predicted octanol–water partition coefficient (Wildman–Crippen LogP) is 3.35. The molecule has 3 aromatic rings. The monoisotopic (exact) mass is 416 g/mol. The number of aromatic carboxylic acids is 1. The fourth-order valence-electron chi connectivity index (χ4n) is 3.06. The van der Waals surface area contributed by atoms with Crippen LogP contribution < -0.4 is 10.4 Å². The standard InChI is InChI=1S/C23H19N3O3S/c1-14-8-9-17(11-15(14)2)24-23-25-21(27)20(30-23)13-19-7-4-10-26(19)18-6-3-5-16(12-18)22(28)29/h3-13H,1-2H3,(H,28,29)(H,24,25,27)/p-1/b20-13+. The quantitative estimate of drug-likeness (QED) is 0.661. The van der Waals surface area contributed by atoms with Crippen LogP contribution in [0, 0.1) is 13.8 Å². The van der Waals surface area contributed by atoms with Crippen molar-refractivity contribution in [2.24, 2.45) is 4.99 Å². The third-order valence-electron chi connectivity index (χ3n) is 4.79. The van der Waals surface area contributed by atoms with Crippen molar-refractivity contribution in [3.63, 3.8) is 0 Å². The van der Waals surface area contributed by atoms with Crippen molar-refractivity contribution < 1.29 is 14.7 Å². The zero-order valence-electron chi connectivity index (χ0n) is 16.4. The number of hydrogen-bond donors (Lipinski definition) is 1. The van der Waals surface area contributed by atoms with E-state index in [0.29, 0.717) is 15.8 Å². The molecule has 30 heavy (non-hydrogen) atoms. The number of aromatic nitrogens is 1. The number of nitrogens with one attached hydrogen (secondary N) is 1. The van der Waals surface area contributed by atoms with Gasteiger partial charge in [-0.25, -0.2) is 4.99 Å².